The number of para-hydroxylation sites is 1. The molecule has 3 aromatic rings. The van der Waals surface area contributed by atoms with Crippen LogP contribution in [0.3, 0.4) is 0 Å². The highest BCUT2D eigenvalue weighted by Crippen LogP contribution is 2.32. The van der Waals surface area contributed by atoms with Crippen molar-refractivity contribution in [1.29, 1.82) is 0 Å². The molecule has 1 amide bonds. The number of piperidine rings is 1. The molecule has 0 bridgehead atoms. The maximum Gasteiger partial charge on any atom is 0.236 e. The van der Waals surface area contributed by atoms with Crippen LogP contribution >= 0.6 is 11.3 Å². The van der Waals surface area contributed by atoms with Crippen LogP contribution in [0.1, 0.15) is 29.3 Å². The largest absolute Gasteiger partial charge is 0.378 e. The van der Waals surface area contributed by atoms with Crippen molar-refractivity contribution < 1.29 is 4.79 Å². The van der Waals surface area contributed by atoms with Gasteiger partial charge in [-0.2, -0.15) is 0 Å². The van der Waals surface area contributed by atoms with E-state index in [1.165, 1.54) is 15.4 Å². The first-order chi connectivity index (χ1) is 14.5. The van der Waals surface area contributed by atoms with Gasteiger partial charge in [-0.15, -0.1) is 11.3 Å². The number of nitrogens with zero attached hydrogens (tertiary/aromatic N) is 4. The molecule has 5 nitrogen and oxygen atoms in total. The van der Waals surface area contributed by atoms with Gasteiger partial charge >= 0.3 is 0 Å². The molecule has 0 aliphatic carbocycles. The number of benzene rings is 2. The average Bonchev–Trinajstić information content (AvgIpc) is 3.18. The second-order valence-corrected chi connectivity index (χ2v) is 9.47. The van der Waals surface area contributed by atoms with Crippen LogP contribution in [-0.4, -0.2) is 61.5 Å². The average molecular weight is 423 g/mol. The van der Waals surface area contributed by atoms with Gasteiger partial charge in [-0.05, 0) is 49.2 Å². The SMILES string of the molecule is CN(Cc1ccc(N(C)C)cc1)C(=O)CN1CCC[C@H](c2nc3ccccc3s2)C1. The number of carbonyl (C=O) groups excluding carboxylic acids is 1. The summed E-state index contributed by atoms with van der Waals surface area (Å²) >= 11 is 1.80. The van der Waals surface area contributed by atoms with Crippen LogP contribution in [0.4, 0.5) is 5.69 Å². The molecule has 1 saturated heterocycles. The van der Waals surface area contributed by atoms with E-state index in [-0.39, 0.29) is 5.91 Å². The molecule has 1 atom stereocenters. The lowest BCUT2D eigenvalue weighted by Crippen LogP contribution is -2.42. The number of hydrogen-bond donors (Lipinski definition) is 0. The van der Waals surface area contributed by atoms with E-state index >= 15 is 0 Å². The predicted molar refractivity (Wildman–Crippen MR) is 125 cm³/mol. The molecule has 2 aromatic carbocycles. The summed E-state index contributed by atoms with van der Waals surface area (Å²) in [7, 11) is 5.97. The van der Waals surface area contributed by atoms with E-state index in [0.29, 0.717) is 19.0 Å². The van der Waals surface area contributed by atoms with E-state index in [2.05, 4.69) is 52.3 Å². The Kier molecular flexibility index (Phi) is 6.35. The smallest absolute Gasteiger partial charge is 0.236 e. The lowest BCUT2D eigenvalue weighted by Gasteiger charge is -2.32. The van der Waals surface area contributed by atoms with Gasteiger partial charge in [-0.25, -0.2) is 4.98 Å². The lowest BCUT2D eigenvalue weighted by molar-refractivity contribution is -0.131. The highest BCUT2D eigenvalue weighted by atomic mass is 32.1. The van der Waals surface area contributed by atoms with Crippen molar-refractivity contribution in [2.75, 3.05) is 45.7 Å². The summed E-state index contributed by atoms with van der Waals surface area (Å²) in [6, 6.07) is 16.7. The number of fused-ring (bicyclic) bond motifs is 1. The van der Waals surface area contributed by atoms with Gasteiger partial charge in [0.05, 0.1) is 21.8 Å². The van der Waals surface area contributed by atoms with E-state index < -0.39 is 0 Å². The van der Waals surface area contributed by atoms with Crippen LogP contribution < -0.4 is 4.90 Å². The van der Waals surface area contributed by atoms with E-state index in [1.54, 1.807) is 11.3 Å². The van der Waals surface area contributed by atoms with Crippen molar-refractivity contribution >= 4 is 33.1 Å². The highest BCUT2D eigenvalue weighted by Gasteiger charge is 2.26. The molecule has 6 heteroatoms. The van der Waals surface area contributed by atoms with Gasteiger partial charge in [-0.1, -0.05) is 24.3 Å². The molecule has 30 heavy (non-hydrogen) atoms. The van der Waals surface area contributed by atoms with E-state index in [1.807, 2.05) is 32.1 Å². The Morgan fingerprint density at radius 3 is 2.63 bits per heavy atom. The maximum atomic E-state index is 12.8. The molecule has 0 unspecified atom stereocenters. The monoisotopic (exact) mass is 422 g/mol. The zero-order valence-electron chi connectivity index (χ0n) is 18.0. The zero-order valence-corrected chi connectivity index (χ0v) is 18.9. The Balaban J connectivity index is 1.34. The van der Waals surface area contributed by atoms with E-state index in [0.717, 1.165) is 37.0 Å². The number of anilines is 1. The lowest BCUT2D eigenvalue weighted by atomic mass is 9.98. The fourth-order valence-electron chi connectivity index (χ4n) is 4.04. The Labute approximate surface area is 182 Å². The number of likely N-dealkylation sites (tertiary alicyclic amines) is 1. The third-order valence-electron chi connectivity index (χ3n) is 5.82. The van der Waals surface area contributed by atoms with Gasteiger partial charge in [0.15, 0.2) is 0 Å². The third-order valence-corrected chi connectivity index (χ3v) is 7.02. The first-order valence-corrected chi connectivity index (χ1v) is 11.4. The number of carbonyl (C=O) groups is 1. The summed E-state index contributed by atoms with van der Waals surface area (Å²) in [5.74, 6) is 0.601. The summed E-state index contributed by atoms with van der Waals surface area (Å²) < 4.78 is 1.25. The van der Waals surface area contributed by atoms with E-state index in [4.69, 9.17) is 4.98 Å². The number of aromatic nitrogens is 1. The summed E-state index contributed by atoms with van der Waals surface area (Å²) in [6.07, 6.45) is 2.27. The number of likely N-dealkylation sites (N-methyl/N-ethyl adjacent to an activating group) is 1. The highest BCUT2D eigenvalue weighted by molar-refractivity contribution is 7.18. The molecule has 1 aromatic heterocycles. The Bertz CT molecular complexity index is 965. The molecular formula is C24H30N4OS. The molecule has 0 N–H and O–H groups in total. The molecule has 158 valence electrons. The number of thiazole rings is 1. The van der Waals surface area contributed by atoms with Gasteiger partial charge < -0.3 is 9.80 Å². The van der Waals surface area contributed by atoms with Gasteiger partial charge in [0.25, 0.3) is 0 Å². The van der Waals surface area contributed by atoms with Crippen LogP contribution in [0.25, 0.3) is 10.2 Å². The van der Waals surface area contributed by atoms with Crippen LogP contribution in [0, 0.1) is 0 Å². The first-order valence-electron chi connectivity index (χ1n) is 10.6. The normalized spacial score (nSPS) is 17.2. The Hall–Kier alpha value is -2.44. The maximum absolute atomic E-state index is 12.8. The summed E-state index contributed by atoms with van der Waals surface area (Å²) in [6.45, 7) is 3.02. The molecule has 2 heterocycles. The predicted octanol–water partition coefficient (Wildman–Crippen LogP) is 4.20. The minimum absolute atomic E-state index is 0.177. The molecule has 1 aliphatic rings. The second kappa shape index (κ2) is 9.14. The summed E-state index contributed by atoms with van der Waals surface area (Å²) in [4.78, 5) is 23.9. The quantitative estimate of drug-likeness (QED) is 0.597. The van der Waals surface area contributed by atoms with Crippen molar-refractivity contribution in [1.82, 2.24) is 14.8 Å². The van der Waals surface area contributed by atoms with Gasteiger partial charge in [0.1, 0.15) is 0 Å². The summed E-state index contributed by atoms with van der Waals surface area (Å²) in [5, 5.41) is 1.21. The minimum atomic E-state index is 0.177. The molecule has 1 fully saturated rings. The van der Waals surface area contributed by atoms with Crippen molar-refractivity contribution in [3.05, 3.63) is 59.1 Å². The topological polar surface area (TPSA) is 39.7 Å². The number of amides is 1. The molecule has 1 aliphatic heterocycles. The molecule has 0 saturated carbocycles. The molecule has 4 rings (SSSR count). The van der Waals surface area contributed by atoms with Crippen LogP contribution in [0.2, 0.25) is 0 Å². The fourth-order valence-corrected chi connectivity index (χ4v) is 5.13. The van der Waals surface area contributed by atoms with Crippen LogP contribution in [0.5, 0.6) is 0 Å². The van der Waals surface area contributed by atoms with Crippen molar-refractivity contribution in [3.8, 4) is 0 Å². The van der Waals surface area contributed by atoms with Crippen LogP contribution in [-0.2, 0) is 11.3 Å². The Morgan fingerprint density at radius 1 is 1.13 bits per heavy atom. The molecule has 0 radical (unpaired) electrons. The first kappa shape index (κ1) is 20.8. The number of hydrogen-bond acceptors (Lipinski definition) is 5. The zero-order chi connectivity index (χ0) is 21.1. The minimum Gasteiger partial charge on any atom is -0.378 e. The van der Waals surface area contributed by atoms with Gasteiger partial charge in [0.2, 0.25) is 5.91 Å². The van der Waals surface area contributed by atoms with E-state index in [9.17, 15) is 4.79 Å². The molecular weight excluding hydrogens is 392 g/mol. The fraction of sp³-hybridized carbons (Fsp3) is 0.417. The van der Waals surface area contributed by atoms with Crippen molar-refractivity contribution in [2.45, 2.75) is 25.3 Å². The van der Waals surface area contributed by atoms with Gasteiger partial charge in [0, 0.05) is 45.8 Å². The Morgan fingerprint density at radius 2 is 1.90 bits per heavy atom. The van der Waals surface area contributed by atoms with Crippen molar-refractivity contribution in [3.63, 3.8) is 0 Å². The van der Waals surface area contributed by atoms with Crippen LogP contribution in [0.15, 0.2) is 48.5 Å². The standard InChI is InChI=1S/C24H30N4OS/c1-26(2)20-12-10-18(11-13-20)15-27(3)23(29)17-28-14-6-7-19(16-28)24-25-21-8-4-5-9-22(21)30-24/h4-5,8-13,19H,6-7,14-17H2,1-3H3/t19-/m0/s1. The van der Waals surface area contributed by atoms with Crippen molar-refractivity contribution in [2.24, 2.45) is 0 Å². The number of rotatable bonds is 6. The van der Waals surface area contributed by atoms with Gasteiger partial charge in [-0.3, -0.25) is 9.69 Å². The molecule has 0 spiro atoms. The summed E-state index contributed by atoms with van der Waals surface area (Å²) in [5.41, 5.74) is 3.41. The third kappa shape index (κ3) is 4.82. The second-order valence-electron chi connectivity index (χ2n) is 8.40.